The van der Waals surface area contributed by atoms with Crippen molar-refractivity contribution in [2.75, 3.05) is 59.0 Å². The van der Waals surface area contributed by atoms with Gasteiger partial charge < -0.3 is 15.0 Å². The lowest BCUT2D eigenvalue weighted by molar-refractivity contribution is 0.143. The molecule has 0 spiro atoms. The summed E-state index contributed by atoms with van der Waals surface area (Å²) in [6.45, 7) is 12.6. The lowest BCUT2D eigenvalue weighted by atomic mass is 10.2. The minimum atomic E-state index is 0.848. The number of nitrogens with zero attached hydrogens (tertiary/aromatic N) is 2. The first-order chi connectivity index (χ1) is 9.90. The predicted octanol–water partition coefficient (Wildman–Crippen LogP) is 1.56. The van der Waals surface area contributed by atoms with Crippen molar-refractivity contribution in [3.8, 4) is 0 Å². The van der Waals surface area contributed by atoms with Gasteiger partial charge in [0.25, 0.3) is 0 Å². The summed E-state index contributed by atoms with van der Waals surface area (Å²) in [6, 6.07) is 0.851. The molecule has 0 aromatic carbocycles. The number of ether oxygens (including phenoxy) is 1. The van der Waals surface area contributed by atoms with Crippen LogP contribution < -0.4 is 5.32 Å². The molecule has 2 heterocycles. The van der Waals surface area contributed by atoms with Crippen LogP contribution in [0.25, 0.3) is 0 Å². The van der Waals surface area contributed by atoms with E-state index in [0.717, 1.165) is 32.3 Å². The van der Waals surface area contributed by atoms with Gasteiger partial charge in [-0.05, 0) is 65.2 Å². The average molecular weight is 283 g/mol. The van der Waals surface area contributed by atoms with Gasteiger partial charge in [0.05, 0.1) is 0 Å². The third kappa shape index (κ3) is 5.68. The van der Waals surface area contributed by atoms with Crippen molar-refractivity contribution in [1.29, 1.82) is 0 Å². The SMILES string of the molecule is CCOCCCCNCCN1CCCN2CCCC2C1. The lowest BCUT2D eigenvalue weighted by Crippen LogP contribution is -2.39. The van der Waals surface area contributed by atoms with Crippen molar-refractivity contribution in [2.45, 2.75) is 45.1 Å². The van der Waals surface area contributed by atoms with Crippen LogP contribution in [0.15, 0.2) is 0 Å². The summed E-state index contributed by atoms with van der Waals surface area (Å²) in [5.41, 5.74) is 0. The molecule has 1 atom stereocenters. The zero-order valence-corrected chi connectivity index (χ0v) is 13.3. The molecule has 118 valence electrons. The molecule has 2 aliphatic rings. The summed E-state index contributed by atoms with van der Waals surface area (Å²) in [7, 11) is 0. The molecular formula is C16H33N3O. The molecule has 4 heteroatoms. The Morgan fingerprint density at radius 2 is 2.00 bits per heavy atom. The van der Waals surface area contributed by atoms with E-state index in [9.17, 15) is 0 Å². The number of fused-ring (bicyclic) bond motifs is 1. The highest BCUT2D eigenvalue weighted by molar-refractivity contribution is 4.84. The number of nitrogens with one attached hydrogen (secondary N) is 1. The lowest BCUT2D eigenvalue weighted by Gasteiger charge is -2.25. The molecule has 1 N–H and O–H groups in total. The van der Waals surface area contributed by atoms with E-state index in [2.05, 4.69) is 22.0 Å². The fourth-order valence-corrected chi connectivity index (χ4v) is 3.45. The molecule has 0 bridgehead atoms. The molecule has 0 aromatic heterocycles. The monoisotopic (exact) mass is 283 g/mol. The summed E-state index contributed by atoms with van der Waals surface area (Å²) >= 11 is 0. The van der Waals surface area contributed by atoms with Crippen LogP contribution in [0.2, 0.25) is 0 Å². The molecule has 2 saturated heterocycles. The number of hydrogen-bond donors (Lipinski definition) is 1. The Kier molecular flexibility index (Phi) is 7.88. The first-order valence-electron chi connectivity index (χ1n) is 8.65. The maximum absolute atomic E-state index is 5.35. The Bertz CT molecular complexity index is 250. The van der Waals surface area contributed by atoms with E-state index in [1.807, 2.05) is 0 Å². The van der Waals surface area contributed by atoms with E-state index in [4.69, 9.17) is 4.74 Å². The first kappa shape index (κ1) is 16.2. The highest BCUT2D eigenvalue weighted by Gasteiger charge is 2.28. The minimum absolute atomic E-state index is 0.848. The predicted molar refractivity (Wildman–Crippen MR) is 84.2 cm³/mol. The van der Waals surface area contributed by atoms with Gasteiger partial charge in [0.15, 0.2) is 0 Å². The molecular weight excluding hydrogens is 250 g/mol. The third-order valence-electron chi connectivity index (χ3n) is 4.59. The second kappa shape index (κ2) is 9.72. The molecule has 0 aromatic rings. The van der Waals surface area contributed by atoms with Gasteiger partial charge in [-0.3, -0.25) is 4.90 Å². The summed E-state index contributed by atoms with van der Waals surface area (Å²) in [4.78, 5) is 5.38. The summed E-state index contributed by atoms with van der Waals surface area (Å²) in [5.74, 6) is 0. The number of unbranched alkanes of at least 4 members (excludes halogenated alkanes) is 1. The molecule has 20 heavy (non-hydrogen) atoms. The van der Waals surface area contributed by atoms with Crippen LogP contribution >= 0.6 is 0 Å². The van der Waals surface area contributed by atoms with E-state index < -0.39 is 0 Å². The van der Waals surface area contributed by atoms with Crippen LogP contribution in [0.4, 0.5) is 0 Å². The van der Waals surface area contributed by atoms with Gasteiger partial charge in [-0.2, -0.15) is 0 Å². The van der Waals surface area contributed by atoms with Crippen molar-refractivity contribution in [3.63, 3.8) is 0 Å². The zero-order chi connectivity index (χ0) is 14.0. The van der Waals surface area contributed by atoms with Crippen molar-refractivity contribution < 1.29 is 4.74 Å². The van der Waals surface area contributed by atoms with Crippen LogP contribution in [-0.4, -0.2) is 74.9 Å². The molecule has 1 unspecified atom stereocenters. The maximum Gasteiger partial charge on any atom is 0.0466 e. The molecule has 2 fully saturated rings. The Labute approximate surface area is 124 Å². The molecule has 0 radical (unpaired) electrons. The van der Waals surface area contributed by atoms with Gasteiger partial charge in [0.2, 0.25) is 0 Å². The van der Waals surface area contributed by atoms with Gasteiger partial charge in [-0.15, -0.1) is 0 Å². The zero-order valence-electron chi connectivity index (χ0n) is 13.3. The van der Waals surface area contributed by atoms with Crippen molar-refractivity contribution in [2.24, 2.45) is 0 Å². The normalized spacial score (nSPS) is 24.8. The molecule has 4 nitrogen and oxygen atoms in total. The smallest absolute Gasteiger partial charge is 0.0466 e. The molecule has 0 aliphatic carbocycles. The second-order valence-corrected chi connectivity index (χ2v) is 6.14. The van der Waals surface area contributed by atoms with Gasteiger partial charge in [0, 0.05) is 38.9 Å². The minimum Gasteiger partial charge on any atom is -0.382 e. The standard InChI is InChI=1S/C16H33N3O/c1-2-20-14-4-3-8-17-9-13-18-10-6-12-19-11-5-7-16(19)15-18/h16-17H,2-15H2,1H3. The molecule has 0 amide bonds. The van der Waals surface area contributed by atoms with Crippen molar-refractivity contribution >= 4 is 0 Å². The first-order valence-corrected chi connectivity index (χ1v) is 8.65. The van der Waals surface area contributed by atoms with E-state index in [0.29, 0.717) is 0 Å². The van der Waals surface area contributed by atoms with E-state index >= 15 is 0 Å². The van der Waals surface area contributed by atoms with E-state index in [1.165, 1.54) is 64.8 Å². The van der Waals surface area contributed by atoms with Crippen molar-refractivity contribution in [1.82, 2.24) is 15.1 Å². The fraction of sp³-hybridized carbons (Fsp3) is 1.00. The van der Waals surface area contributed by atoms with Crippen LogP contribution in [0.1, 0.15) is 39.0 Å². The van der Waals surface area contributed by atoms with E-state index in [1.54, 1.807) is 0 Å². The Morgan fingerprint density at radius 1 is 1.10 bits per heavy atom. The van der Waals surface area contributed by atoms with Gasteiger partial charge in [-0.25, -0.2) is 0 Å². The Morgan fingerprint density at radius 3 is 2.90 bits per heavy atom. The quantitative estimate of drug-likeness (QED) is 0.650. The van der Waals surface area contributed by atoms with Gasteiger partial charge in [0.1, 0.15) is 0 Å². The largest absolute Gasteiger partial charge is 0.382 e. The highest BCUT2D eigenvalue weighted by atomic mass is 16.5. The molecule has 2 rings (SSSR count). The topological polar surface area (TPSA) is 27.7 Å². The van der Waals surface area contributed by atoms with E-state index in [-0.39, 0.29) is 0 Å². The van der Waals surface area contributed by atoms with Gasteiger partial charge >= 0.3 is 0 Å². The summed E-state index contributed by atoms with van der Waals surface area (Å²) < 4.78 is 5.35. The highest BCUT2D eigenvalue weighted by Crippen LogP contribution is 2.20. The van der Waals surface area contributed by atoms with Crippen molar-refractivity contribution in [3.05, 3.63) is 0 Å². The Balaban J connectivity index is 1.48. The van der Waals surface area contributed by atoms with Gasteiger partial charge in [-0.1, -0.05) is 0 Å². The number of rotatable bonds is 9. The maximum atomic E-state index is 5.35. The van der Waals surface area contributed by atoms with Crippen LogP contribution in [0.3, 0.4) is 0 Å². The van der Waals surface area contributed by atoms with Crippen LogP contribution in [0.5, 0.6) is 0 Å². The number of hydrogen-bond acceptors (Lipinski definition) is 4. The molecule has 0 saturated carbocycles. The molecule has 2 aliphatic heterocycles. The second-order valence-electron chi connectivity index (χ2n) is 6.14. The average Bonchev–Trinajstić information content (AvgIpc) is 2.80. The van der Waals surface area contributed by atoms with Crippen LogP contribution in [0, 0.1) is 0 Å². The summed E-state index contributed by atoms with van der Waals surface area (Å²) in [5, 5.41) is 3.58. The van der Waals surface area contributed by atoms with Crippen LogP contribution in [-0.2, 0) is 4.74 Å². The summed E-state index contributed by atoms with van der Waals surface area (Å²) in [6.07, 6.45) is 6.60. The fourth-order valence-electron chi connectivity index (χ4n) is 3.45. The Hall–Kier alpha value is -0.160. The third-order valence-corrected chi connectivity index (χ3v) is 4.59.